The van der Waals surface area contributed by atoms with Crippen LogP contribution in [-0.2, 0) is 17.8 Å². The second-order valence-corrected chi connectivity index (χ2v) is 8.89. The molecule has 5 rings (SSSR count). The number of carbonyl (C=O) groups excluding carboxylic acids is 1. The number of thiophene rings is 1. The van der Waals surface area contributed by atoms with Gasteiger partial charge >= 0.3 is 0 Å². The average Bonchev–Trinajstić information content (AvgIpc) is 3.32. The zero-order valence-electron chi connectivity index (χ0n) is 18.5. The van der Waals surface area contributed by atoms with Crippen molar-refractivity contribution in [2.24, 2.45) is 0 Å². The van der Waals surface area contributed by atoms with E-state index in [1.54, 1.807) is 0 Å². The molecule has 0 spiro atoms. The van der Waals surface area contributed by atoms with Gasteiger partial charge in [-0.1, -0.05) is 84.9 Å². The van der Waals surface area contributed by atoms with Crippen LogP contribution in [0.1, 0.15) is 5.56 Å². The lowest BCUT2D eigenvalue weighted by molar-refractivity contribution is -0.121. The van der Waals surface area contributed by atoms with Crippen LogP contribution in [0.15, 0.2) is 101 Å². The van der Waals surface area contributed by atoms with Crippen molar-refractivity contribution in [2.45, 2.75) is 13.0 Å². The highest BCUT2D eigenvalue weighted by atomic mass is 32.1. The molecule has 6 heteroatoms. The van der Waals surface area contributed by atoms with E-state index >= 15 is 0 Å². The quantitative estimate of drug-likeness (QED) is 0.362. The fraction of sp³-hybridized carbons (Fsp3) is 0.107. The molecule has 0 saturated heterocycles. The van der Waals surface area contributed by atoms with Gasteiger partial charge in [-0.25, -0.2) is 4.98 Å². The molecule has 168 valence electrons. The maximum absolute atomic E-state index is 13.3. The largest absolute Gasteiger partial charge is 0.354 e. The van der Waals surface area contributed by atoms with Gasteiger partial charge in [-0.3, -0.25) is 14.2 Å². The molecule has 1 N–H and O–H groups in total. The van der Waals surface area contributed by atoms with Crippen LogP contribution >= 0.6 is 11.3 Å². The Hall–Kier alpha value is -4.03. The van der Waals surface area contributed by atoms with Crippen molar-refractivity contribution in [1.29, 1.82) is 0 Å². The van der Waals surface area contributed by atoms with Crippen molar-refractivity contribution in [3.63, 3.8) is 0 Å². The summed E-state index contributed by atoms with van der Waals surface area (Å²) >= 11 is 1.44. The van der Waals surface area contributed by atoms with Crippen molar-refractivity contribution >= 4 is 27.5 Å². The van der Waals surface area contributed by atoms with E-state index in [4.69, 9.17) is 0 Å². The van der Waals surface area contributed by atoms with Crippen molar-refractivity contribution in [3.8, 4) is 22.3 Å². The number of amides is 1. The Balaban J connectivity index is 1.34. The van der Waals surface area contributed by atoms with Crippen LogP contribution in [0.4, 0.5) is 0 Å². The Labute approximate surface area is 201 Å². The molecule has 0 unspecified atom stereocenters. The molecule has 0 aliphatic rings. The van der Waals surface area contributed by atoms with Crippen LogP contribution in [0.3, 0.4) is 0 Å². The van der Waals surface area contributed by atoms with Gasteiger partial charge in [0.1, 0.15) is 11.4 Å². The molecular weight excluding hydrogens is 442 g/mol. The molecule has 34 heavy (non-hydrogen) atoms. The molecule has 5 aromatic rings. The van der Waals surface area contributed by atoms with E-state index in [0.29, 0.717) is 16.8 Å². The summed E-state index contributed by atoms with van der Waals surface area (Å²) in [6, 6.07) is 28.3. The molecule has 1 amide bonds. The maximum Gasteiger partial charge on any atom is 0.263 e. The number of benzene rings is 3. The number of aromatic nitrogens is 2. The topological polar surface area (TPSA) is 64.0 Å². The van der Waals surface area contributed by atoms with Gasteiger partial charge < -0.3 is 5.32 Å². The molecule has 2 aromatic heterocycles. The van der Waals surface area contributed by atoms with Crippen molar-refractivity contribution in [3.05, 3.63) is 113 Å². The number of fused-ring (bicyclic) bond motifs is 1. The molecule has 0 bridgehead atoms. The third-order valence-electron chi connectivity index (χ3n) is 5.76. The minimum absolute atomic E-state index is 0.0568. The van der Waals surface area contributed by atoms with Gasteiger partial charge in [0, 0.05) is 17.5 Å². The SMILES string of the molecule is O=C(Cn1cnc2scc(-c3ccc(-c4ccccc4)cc3)c2c1=O)NCCc1ccccc1. The molecule has 0 aliphatic heterocycles. The normalized spacial score (nSPS) is 10.9. The van der Waals surface area contributed by atoms with Crippen LogP contribution in [0.25, 0.3) is 32.5 Å². The zero-order valence-corrected chi connectivity index (χ0v) is 19.3. The van der Waals surface area contributed by atoms with Gasteiger partial charge in [0.15, 0.2) is 0 Å². The van der Waals surface area contributed by atoms with Gasteiger partial charge in [-0.05, 0) is 28.7 Å². The number of carbonyl (C=O) groups is 1. The summed E-state index contributed by atoms with van der Waals surface area (Å²) in [5.74, 6) is -0.205. The number of rotatable bonds is 7. The summed E-state index contributed by atoms with van der Waals surface area (Å²) in [4.78, 5) is 30.8. The Kier molecular flexibility index (Phi) is 6.31. The lowest BCUT2D eigenvalue weighted by Gasteiger charge is -2.08. The summed E-state index contributed by atoms with van der Waals surface area (Å²) < 4.78 is 1.38. The molecule has 0 saturated carbocycles. The molecule has 0 aliphatic carbocycles. The standard InChI is InChI=1S/C28H23N3O2S/c32-25(29-16-15-20-7-3-1-4-8-20)17-31-19-30-27-26(28(31)33)24(18-34-27)23-13-11-22(12-14-23)21-9-5-2-6-10-21/h1-14,18-19H,15-17H2,(H,29,32). The number of hydrogen-bond acceptors (Lipinski definition) is 4. The summed E-state index contributed by atoms with van der Waals surface area (Å²) in [5.41, 5.74) is 5.01. The predicted molar refractivity (Wildman–Crippen MR) is 138 cm³/mol. The Morgan fingerprint density at radius 1 is 0.853 bits per heavy atom. The van der Waals surface area contributed by atoms with E-state index in [0.717, 1.165) is 34.2 Å². The maximum atomic E-state index is 13.3. The Bertz CT molecular complexity index is 1470. The summed E-state index contributed by atoms with van der Waals surface area (Å²) in [6.45, 7) is 0.462. The number of nitrogens with one attached hydrogen (secondary N) is 1. The lowest BCUT2D eigenvalue weighted by Crippen LogP contribution is -2.33. The fourth-order valence-corrected chi connectivity index (χ4v) is 4.87. The van der Waals surface area contributed by atoms with E-state index in [9.17, 15) is 9.59 Å². The van der Waals surface area contributed by atoms with Crippen molar-refractivity contribution < 1.29 is 4.79 Å². The smallest absolute Gasteiger partial charge is 0.263 e. The van der Waals surface area contributed by atoms with Gasteiger partial charge in [0.05, 0.1) is 11.7 Å². The van der Waals surface area contributed by atoms with Crippen molar-refractivity contribution in [1.82, 2.24) is 14.9 Å². The molecule has 5 nitrogen and oxygen atoms in total. The highest BCUT2D eigenvalue weighted by molar-refractivity contribution is 7.17. The first-order valence-electron chi connectivity index (χ1n) is 11.1. The molecule has 0 atom stereocenters. The van der Waals surface area contributed by atoms with E-state index < -0.39 is 0 Å². The zero-order chi connectivity index (χ0) is 23.3. The van der Waals surface area contributed by atoms with E-state index in [2.05, 4.69) is 34.6 Å². The Morgan fingerprint density at radius 3 is 2.24 bits per heavy atom. The molecule has 2 heterocycles. The third-order valence-corrected chi connectivity index (χ3v) is 6.64. The summed E-state index contributed by atoms with van der Waals surface area (Å²) in [7, 11) is 0. The third kappa shape index (κ3) is 4.67. The van der Waals surface area contributed by atoms with Gasteiger partial charge in [0.2, 0.25) is 5.91 Å². The molecule has 3 aromatic carbocycles. The first-order valence-corrected chi connectivity index (χ1v) is 12.0. The lowest BCUT2D eigenvalue weighted by atomic mass is 10.0. The minimum atomic E-state index is -0.205. The van der Waals surface area contributed by atoms with Gasteiger partial charge in [-0.2, -0.15) is 0 Å². The van der Waals surface area contributed by atoms with Gasteiger partial charge in [-0.15, -0.1) is 11.3 Å². The first kappa shape index (κ1) is 21.8. The van der Waals surface area contributed by atoms with E-state index in [1.165, 1.54) is 22.2 Å². The highest BCUT2D eigenvalue weighted by Crippen LogP contribution is 2.32. The minimum Gasteiger partial charge on any atom is -0.354 e. The predicted octanol–water partition coefficient (Wildman–Crippen LogP) is 5.15. The molecular formula is C28H23N3O2S. The Morgan fingerprint density at radius 2 is 1.50 bits per heavy atom. The highest BCUT2D eigenvalue weighted by Gasteiger charge is 2.15. The van der Waals surface area contributed by atoms with Crippen LogP contribution in [-0.4, -0.2) is 22.0 Å². The van der Waals surface area contributed by atoms with E-state index in [1.807, 2.05) is 66.0 Å². The first-order chi connectivity index (χ1) is 16.7. The number of hydrogen-bond donors (Lipinski definition) is 1. The van der Waals surface area contributed by atoms with Crippen LogP contribution < -0.4 is 10.9 Å². The molecule has 0 radical (unpaired) electrons. The summed E-state index contributed by atoms with van der Waals surface area (Å²) in [6.07, 6.45) is 2.20. The van der Waals surface area contributed by atoms with E-state index in [-0.39, 0.29) is 18.0 Å². The van der Waals surface area contributed by atoms with Crippen LogP contribution in [0.5, 0.6) is 0 Å². The monoisotopic (exact) mass is 465 g/mol. The van der Waals surface area contributed by atoms with Crippen LogP contribution in [0, 0.1) is 0 Å². The van der Waals surface area contributed by atoms with Gasteiger partial charge in [0.25, 0.3) is 5.56 Å². The molecule has 0 fully saturated rings. The summed E-state index contributed by atoms with van der Waals surface area (Å²) in [5, 5.41) is 5.40. The second-order valence-electron chi connectivity index (χ2n) is 8.04. The van der Waals surface area contributed by atoms with Crippen LogP contribution in [0.2, 0.25) is 0 Å². The fourth-order valence-electron chi connectivity index (χ4n) is 3.97. The van der Waals surface area contributed by atoms with Crippen molar-refractivity contribution in [2.75, 3.05) is 6.54 Å². The number of nitrogens with zero attached hydrogens (tertiary/aromatic N) is 2. The second kappa shape index (κ2) is 9.85. The average molecular weight is 466 g/mol.